The molecule has 2 aromatic rings. The van der Waals surface area contributed by atoms with Crippen LogP contribution < -0.4 is 4.90 Å². The van der Waals surface area contributed by atoms with Gasteiger partial charge in [0.2, 0.25) is 11.6 Å². The predicted molar refractivity (Wildman–Crippen MR) is 69.6 cm³/mol. The molecule has 100 valence electrons. The highest BCUT2D eigenvalue weighted by Gasteiger charge is 2.26. The van der Waals surface area contributed by atoms with Gasteiger partial charge in [0, 0.05) is 19.8 Å². The summed E-state index contributed by atoms with van der Waals surface area (Å²) in [5.41, 5.74) is 1.40. The Kier molecular flexibility index (Phi) is 3.16. The molecule has 0 saturated heterocycles. The lowest BCUT2D eigenvalue weighted by molar-refractivity contribution is -0.384. The summed E-state index contributed by atoms with van der Waals surface area (Å²) in [6, 6.07) is 1.83. The number of aromatic nitrogens is 4. The fourth-order valence-corrected chi connectivity index (χ4v) is 1.85. The summed E-state index contributed by atoms with van der Waals surface area (Å²) < 4.78 is 1.46. The van der Waals surface area contributed by atoms with Crippen LogP contribution in [0, 0.1) is 24.0 Å². The van der Waals surface area contributed by atoms with Crippen molar-refractivity contribution in [3.8, 4) is 5.82 Å². The summed E-state index contributed by atoms with van der Waals surface area (Å²) in [7, 11) is 3.39. The van der Waals surface area contributed by atoms with E-state index in [1.807, 2.05) is 19.9 Å². The van der Waals surface area contributed by atoms with Gasteiger partial charge in [0.25, 0.3) is 0 Å². The third kappa shape index (κ3) is 2.24. The van der Waals surface area contributed by atoms with E-state index in [1.165, 1.54) is 11.0 Å². The second-order valence-electron chi connectivity index (χ2n) is 4.36. The van der Waals surface area contributed by atoms with Crippen molar-refractivity contribution in [2.24, 2.45) is 0 Å². The van der Waals surface area contributed by atoms with E-state index in [2.05, 4.69) is 15.1 Å². The van der Waals surface area contributed by atoms with Crippen molar-refractivity contribution in [3.63, 3.8) is 0 Å². The van der Waals surface area contributed by atoms with Gasteiger partial charge in [-0.05, 0) is 19.9 Å². The normalized spacial score (nSPS) is 10.5. The quantitative estimate of drug-likeness (QED) is 0.611. The van der Waals surface area contributed by atoms with Gasteiger partial charge in [0.1, 0.15) is 6.33 Å². The molecule has 0 atom stereocenters. The minimum absolute atomic E-state index is 0.154. The van der Waals surface area contributed by atoms with Gasteiger partial charge < -0.3 is 4.90 Å². The van der Waals surface area contributed by atoms with Crippen LogP contribution >= 0.6 is 0 Å². The highest BCUT2D eigenvalue weighted by Crippen LogP contribution is 2.29. The zero-order chi connectivity index (χ0) is 14.2. The number of nitrogens with zero attached hydrogens (tertiary/aromatic N) is 6. The minimum atomic E-state index is -0.485. The number of hydrogen-bond acceptors (Lipinski definition) is 6. The van der Waals surface area contributed by atoms with Crippen LogP contribution in [0.2, 0.25) is 0 Å². The number of nitro groups is 1. The van der Waals surface area contributed by atoms with Crippen molar-refractivity contribution in [2.45, 2.75) is 13.8 Å². The fraction of sp³-hybridized carbons (Fsp3) is 0.364. The van der Waals surface area contributed by atoms with E-state index in [9.17, 15) is 10.1 Å². The Bertz CT molecular complexity index is 634. The maximum atomic E-state index is 11.3. The van der Waals surface area contributed by atoms with Crippen LogP contribution in [0.1, 0.15) is 11.4 Å². The largest absolute Gasteiger partial charge is 0.357 e. The van der Waals surface area contributed by atoms with Crippen LogP contribution in [-0.2, 0) is 0 Å². The van der Waals surface area contributed by atoms with Gasteiger partial charge in [-0.25, -0.2) is 14.6 Å². The molecule has 0 N–H and O–H groups in total. The molecule has 0 radical (unpaired) electrons. The Morgan fingerprint density at radius 3 is 2.47 bits per heavy atom. The van der Waals surface area contributed by atoms with Crippen LogP contribution in [-0.4, -0.2) is 38.8 Å². The monoisotopic (exact) mass is 262 g/mol. The zero-order valence-electron chi connectivity index (χ0n) is 11.2. The summed E-state index contributed by atoms with van der Waals surface area (Å²) in [5.74, 6) is 0.428. The molecule has 0 aliphatic carbocycles. The van der Waals surface area contributed by atoms with E-state index in [0.717, 1.165) is 11.4 Å². The van der Waals surface area contributed by atoms with Crippen molar-refractivity contribution in [1.29, 1.82) is 0 Å². The number of aryl methyl sites for hydroxylation is 2. The third-order valence-electron chi connectivity index (χ3n) is 2.60. The highest BCUT2D eigenvalue weighted by molar-refractivity contribution is 5.64. The summed E-state index contributed by atoms with van der Waals surface area (Å²) in [5, 5.41) is 15.5. The van der Waals surface area contributed by atoms with Gasteiger partial charge in [0.15, 0.2) is 0 Å². The van der Waals surface area contributed by atoms with Crippen molar-refractivity contribution < 1.29 is 4.92 Å². The van der Waals surface area contributed by atoms with E-state index in [4.69, 9.17) is 0 Å². The van der Waals surface area contributed by atoms with E-state index < -0.39 is 4.92 Å². The SMILES string of the molecule is Cc1cc(C)n(-c2ncnc(N(C)C)c2[N+](=O)[O-])n1. The topological polar surface area (TPSA) is 90.0 Å². The lowest BCUT2D eigenvalue weighted by Gasteiger charge is -2.13. The molecule has 0 aliphatic heterocycles. The molecule has 8 heteroatoms. The molecule has 2 aromatic heterocycles. The van der Waals surface area contributed by atoms with Crippen LogP contribution in [0.15, 0.2) is 12.4 Å². The Labute approximate surface area is 109 Å². The van der Waals surface area contributed by atoms with Crippen molar-refractivity contribution >= 4 is 11.5 Å². The van der Waals surface area contributed by atoms with Crippen molar-refractivity contribution in [2.75, 3.05) is 19.0 Å². The number of anilines is 1. The lowest BCUT2D eigenvalue weighted by atomic mass is 10.4. The van der Waals surface area contributed by atoms with E-state index in [1.54, 1.807) is 19.0 Å². The lowest BCUT2D eigenvalue weighted by Crippen LogP contribution is -2.16. The second-order valence-corrected chi connectivity index (χ2v) is 4.36. The maximum absolute atomic E-state index is 11.3. The number of hydrogen-bond donors (Lipinski definition) is 0. The Balaban J connectivity index is 2.73. The molecule has 2 rings (SSSR count). The second kappa shape index (κ2) is 4.63. The summed E-state index contributed by atoms with van der Waals surface area (Å²) >= 11 is 0. The first kappa shape index (κ1) is 12.9. The van der Waals surface area contributed by atoms with Crippen molar-refractivity contribution in [3.05, 3.63) is 33.9 Å². The minimum Gasteiger partial charge on any atom is -0.357 e. The standard InChI is InChI=1S/C11H14N6O2/c1-7-5-8(2)16(14-7)11-9(17(18)19)10(15(3)4)12-6-13-11/h5-6H,1-4H3. The Hall–Kier alpha value is -2.51. The zero-order valence-corrected chi connectivity index (χ0v) is 11.2. The van der Waals surface area contributed by atoms with Gasteiger partial charge in [-0.15, -0.1) is 0 Å². The molecule has 0 fully saturated rings. The Morgan fingerprint density at radius 1 is 1.32 bits per heavy atom. The average Bonchev–Trinajstić information content (AvgIpc) is 2.67. The fourth-order valence-electron chi connectivity index (χ4n) is 1.85. The molecule has 0 saturated carbocycles. The van der Waals surface area contributed by atoms with Gasteiger partial charge >= 0.3 is 5.69 Å². The third-order valence-corrected chi connectivity index (χ3v) is 2.60. The molecule has 0 unspecified atom stereocenters. The van der Waals surface area contributed by atoms with Crippen LogP contribution in [0.25, 0.3) is 5.82 Å². The van der Waals surface area contributed by atoms with E-state index in [0.29, 0.717) is 0 Å². The molecule has 0 amide bonds. The molecule has 19 heavy (non-hydrogen) atoms. The molecule has 2 heterocycles. The van der Waals surface area contributed by atoms with Gasteiger partial charge in [-0.2, -0.15) is 5.10 Å². The molecule has 0 bridgehead atoms. The molecule has 8 nitrogen and oxygen atoms in total. The molecular weight excluding hydrogens is 248 g/mol. The van der Waals surface area contributed by atoms with Gasteiger partial charge in [-0.1, -0.05) is 0 Å². The smallest absolute Gasteiger partial charge is 0.355 e. The average molecular weight is 262 g/mol. The molecule has 0 aromatic carbocycles. The first-order chi connectivity index (χ1) is 8.91. The Morgan fingerprint density at radius 2 is 2.00 bits per heavy atom. The molecule has 0 aliphatic rings. The van der Waals surface area contributed by atoms with Gasteiger partial charge in [0.05, 0.1) is 10.6 Å². The number of rotatable bonds is 3. The summed E-state index contributed by atoms with van der Waals surface area (Å²) in [4.78, 5) is 20.4. The molecule has 0 spiro atoms. The first-order valence-electron chi connectivity index (χ1n) is 5.62. The summed E-state index contributed by atoms with van der Waals surface area (Å²) in [6.45, 7) is 3.64. The van der Waals surface area contributed by atoms with Crippen LogP contribution in [0.5, 0.6) is 0 Å². The maximum Gasteiger partial charge on any atom is 0.355 e. The van der Waals surface area contributed by atoms with Crippen LogP contribution in [0.3, 0.4) is 0 Å². The molecular formula is C11H14N6O2. The summed E-state index contributed by atoms with van der Waals surface area (Å²) in [6.07, 6.45) is 1.30. The van der Waals surface area contributed by atoms with E-state index >= 15 is 0 Å². The van der Waals surface area contributed by atoms with E-state index in [-0.39, 0.29) is 17.3 Å². The first-order valence-corrected chi connectivity index (χ1v) is 5.62. The highest BCUT2D eigenvalue weighted by atomic mass is 16.6. The predicted octanol–water partition coefficient (Wildman–Crippen LogP) is 1.25. The van der Waals surface area contributed by atoms with Crippen LogP contribution in [0.4, 0.5) is 11.5 Å². The van der Waals surface area contributed by atoms with Crippen molar-refractivity contribution in [1.82, 2.24) is 19.7 Å². The van der Waals surface area contributed by atoms with Gasteiger partial charge in [-0.3, -0.25) is 10.1 Å².